The maximum Gasteiger partial charge on any atom is 0.322 e. The molecule has 0 amide bonds. The minimum Gasteiger partial charge on any atom is -0.468 e. The molecule has 0 saturated carbocycles. The molecule has 90 valence electrons. The van der Waals surface area contributed by atoms with Crippen molar-refractivity contribution in [2.45, 2.75) is 26.3 Å². The van der Waals surface area contributed by atoms with Crippen LogP contribution in [0.5, 0.6) is 0 Å². The molecule has 0 aromatic carbocycles. The number of rotatable bonds is 7. The summed E-state index contributed by atoms with van der Waals surface area (Å²) in [6, 6.07) is -0.171. The van der Waals surface area contributed by atoms with Crippen molar-refractivity contribution < 1.29 is 9.53 Å². The lowest BCUT2D eigenvalue weighted by Crippen LogP contribution is -2.41. The molecule has 0 aliphatic carbocycles. The van der Waals surface area contributed by atoms with Gasteiger partial charge in [-0.25, -0.2) is 0 Å². The van der Waals surface area contributed by atoms with Gasteiger partial charge in [-0.05, 0) is 26.4 Å². The van der Waals surface area contributed by atoms with Gasteiger partial charge in [-0.1, -0.05) is 13.8 Å². The Balaban J connectivity index is 3.96. The summed E-state index contributed by atoms with van der Waals surface area (Å²) in [5, 5.41) is 3.22. The van der Waals surface area contributed by atoms with Crippen LogP contribution in [0, 0.1) is 5.92 Å². The number of methoxy groups -OCH3 is 1. The minimum atomic E-state index is -0.171. The zero-order chi connectivity index (χ0) is 11.8. The summed E-state index contributed by atoms with van der Waals surface area (Å²) < 4.78 is 4.76. The molecular weight excluding hydrogens is 192 g/mol. The first-order chi connectivity index (χ1) is 6.97. The molecule has 1 atom stereocenters. The quantitative estimate of drug-likeness (QED) is 0.637. The van der Waals surface area contributed by atoms with Crippen molar-refractivity contribution in [3.63, 3.8) is 0 Å². The Hall–Kier alpha value is -0.610. The Morgan fingerprint density at radius 3 is 2.40 bits per heavy atom. The van der Waals surface area contributed by atoms with Gasteiger partial charge >= 0.3 is 5.97 Å². The highest BCUT2D eigenvalue weighted by atomic mass is 16.5. The van der Waals surface area contributed by atoms with E-state index < -0.39 is 0 Å². The molecule has 0 aliphatic rings. The molecule has 0 heterocycles. The van der Waals surface area contributed by atoms with E-state index in [1.807, 2.05) is 14.1 Å². The van der Waals surface area contributed by atoms with Gasteiger partial charge in [0.15, 0.2) is 0 Å². The van der Waals surface area contributed by atoms with Crippen molar-refractivity contribution in [3.05, 3.63) is 0 Å². The topological polar surface area (TPSA) is 41.6 Å². The summed E-state index contributed by atoms with van der Waals surface area (Å²) in [6.07, 6.45) is 0.820. The fourth-order valence-corrected chi connectivity index (χ4v) is 1.34. The molecule has 0 bridgehead atoms. The van der Waals surface area contributed by atoms with Gasteiger partial charge in [0.25, 0.3) is 0 Å². The van der Waals surface area contributed by atoms with E-state index in [-0.39, 0.29) is 12.0 Å². The van der Waals surface area contributed by atoms with E-state index in [1.165, 1.54) is 7.11 Å². The highest BCUT2D eigenvalue weighted by molar-refractivity contribution is 5.75. The van der Waals surface area contributed by atoms with Crippen molar-refractivity contribution in [2.24, 2.45) is 5.92 Å². The number of nitrogens with zero attached hydrogens (tertiary/aromatic N) is 1. The molecule has 0 spiro atoms. The first kappa shape index (κ1) is 14.4. The summed E-state index contributed by atoms with van der Waals surface area (Å²) in [5.74, 6) is 0.323. The van der Waals surface area contributed by atoms with Gasteiger partial charge in [-0.15, -0.1) is 0 Å². The van der Waals surface area contributed by atoms with Crippen LogP contribution in [0.4, 0.5) is 0 Å². The zero-order valence-electron chi connectivity index (χ0n) is 10.5. The number of likely N-dealkylation sites (N-methyl/N-ethyl adjacent to an activating group) is 1. The lowest BCUT2D eigenvalue weighted by Gasteiger charge is -2.19. The van der Waals surface area contributed by atoms with Crippen molar-refractivity contribution in [3.8, 4) is 0 Å². The maximum atomic E-state index is 11.4. The average Bonchev–Trinajstić information content (AvgIpc) is 2.14. The van der Waals surface area contributed by atoms with Crippen LogP contribution >= 0.6 is 0 Å². The van der Waals surface area contributed by atoms with Crippen LogP contribution in [-0.2, 0) is 9.53 Å². The van der Waals surface area contributed by atoms with Crippen molar-refractivity contribution in [2.75, 3.05) is 34.3 Å². The summed E-state index contributed by atoms with van der Waals surface area (Å²) in [6.45, 7) is 5.93. The highest BCUT2D eigenvalue weighted by Crippen LogP contribution is 2.05. The third-order valence-corrected chi connectivity index (χ3v) is 2.14. The fourth-order valence-electron chi connectivity index (χ4n) is 1.34. The second kappa shape index (κ2) is 7.65. The van der Waals surface area contributed by atoms with Crippen LogP contribution in [0.25, 0.3) is 0 Å². The molecule has 0 aromatic heterocycles. The fraction of sp³-hybridized carbons (Fsp3) is 0.909. The Labute approximate surface area is 93.0 Å². The molecular formula is C11H24N2O2. The predicted octanol–water partition coefficient (Wildman–Crippen LogP) is 0.725. The molecule has 1 unspecified atom stereocenters. The number of esters is 1. The Morgan fingerprint density at radius 1 is 1.40 bits per heavy atom. The zero-order valence-corrected chi connectivity index (χ0v) is 10.5. The highest BCUT2D eigenvalue weighted by Gasteiger charge is 2.19. The predicted molar refractivity (Wildman–Crippen MR) is 61.8 cm³/mol. The Morgan fingerprint density at radius 2 is 2.00 bits per heavy atom. The summed E-state index contributed by atoms with van der Waals surface area (Å²) in [5.41, 5.74) is 0. The van der Waals surface area contributed by atoms with Crippen LogP contribution in [0.1, 0.15) is 20.3 Å². The number of hydrogen-bond donors (Lipinski definition) is 1. The largest absolute Gasteiger partial charge is 0.468 e. The van der Waals surface area contributed by atoms with E-state index in [4.69, 9.17) is 4.74 Å². The van der Waals surface area contributed by atoms with Gasteiger partial charge in [0, 0.05) is 13.1 Å². The summed E-state index contributed by atoms with van der Waals surface area (Å²) in [7, 11) is 5.46. The second-order valence-corrected chi connectivity index (χ2v) is 4.46. The Bertz CT molecular complexity index is 181. The van der Waals surface area contributed by atoms with Crippen molar-refractivity contribution in [1.82, 2.24) is 10.2 Å². The number of carbonyl (C=O) groups excluding carboxylic acids is 1. The van der Waals surface area contributed by atoms with Gasteiger partial charge in [0.2, 0.25) is 0 Å². The SMILES string of the molecule is COC(=O)C(CC(C)C)NCCN(C)C. The van der Waals surface area contributed by atoms with Gasteiger partial charge in [-0.2, -0.15) is 0 Å². The molecule has 0 saturated heterocycles. The first-order valence-corrected chi connectivity index (χ1v) is 5.43. The van der Waals surface area contributed by atoms with Gasteiger partial charge < -0.3 is 15.0 Å². The second-order valence-electron chi connectivity index (χ2n) is 4.46. The standard InChI is InChI=1S/C11H24N2O2/c1-9(2)8-10(11(14)15-5)12-6-7-13(3)4/h9-10,12H,6-8H2,1-5H3. The molecule has 0 aromatic rings. The molecule has 1 N–H and O–H groups in total. The number of carbonyl (C=O) groups is 1. The van der Waals surface area contributed by atoms with Crippen LogP contribution in [-0.4, -0.2) is 51.2 Å². The van der Waals surface area contributed by atoms with Crippen LogP contribution in [0.15, 0.2) is 0 Å². The number of nitrogens with one attached hydrogen (secondary N) is 1. The van der Waals surface area contributed by atoms with E-state index in [0.717, 1.165) is 19.5 Å². The molecule has 0 aliphatic heterocycles. The molecule has 4 nitrogen and oxygen atoms in total. The summed E-state index contributed by atoms with van der Waals surface area (Å²) in [4.78, 5) is 13.5. The van der Waals surface area contributed by atoms with Gasteiger partial charge in [0.1, 0.15) is 6.04 Å². The molecule has 0 radical (unpaired) electrons. The molecule has 4 heteroatoms. The average molecular weight is 216 g/mol. The minimum absolute atomic E-state index is 0.164. The maximum absolute atomic E-state index is 11.4. The molecule has 0 fully saturated rings. The molecule has 0 rings (SSSR count). The third kappa shape index (κ3) is 7.33. The van der Waals surface area contributed by atoms with E-state index in [9.17, 15) is 4.79 Å². The monoisotopic (exact) mass is 216 g/mol. The van der Waals surface area contributed by atoms with Crippen molar-refractivity contribution in [1.29, 1.82) is 0 Å². The van der Waals surface area contributed by atoms with Crippen LogP contribution < -0.4 is 5.32 Å². The van der Waals surface area contributed by atoms with E-state index in [0.29, 0.717) is 5.92 Å². The Kier molecular flexibility index (Phi) is 7.34. The number of ether oxygens (including phenoxy) is 1. The lowest BCUT2D eigenvalue weighted by molar-refractivity contribution is -0.143. The normalized spacial score (nSPS) is 13.3. The lowest BCUT2D eigenvalue weighted by atomic mass is 10.0. The van der Waals surface area contributed by atoms with E-state index >= 15 is 0 Å². The van der Waals surface area contributed by atoms with Gasteiger partial charge in [0.05, 0.1) is 7.11 Å². The molecule has 15 heavy (non-hydrogen) atoms. The smallest absolute Gasteiger partial charge is 0.322 e. The first-order valence-electron chi connectivity index (χ1n) is 5.43. The third-order valence-electron chi connectivity index (χ3n) is 2.14. The van der Waals surface area contributed by atoms with Crippen LogP contribution in [0.2, 0.25) is 0 Å². The van der Waals surface area contributed by atoms with Gasteiger partial charge in [-0.3, -0.25) is 4.79 Å². The van der Waals surface area contributed by atoms with Crippen LogP contribution in [0.3, 0.4) is 0 Å². The summed E-state index contributed by atoms with van der Waals surface area (Å²) >= 11 is 0. The number of hydrogen-bond acceptors (Lipinski definition) is 4. The van der Waals surface area contributed by atoms with Crippen molar-refractivity contribution >= 4 is 5.97 Å². The van der Waals surface area contributed by atoms with E-state index in [2.05, 4.69) is 24.1 Å². The van der Waals surface area contributed by atoms with E-state index in [1.54, 1.807) is 0 Å².